The molecular formula is C18H25ClN2O4. The Balaban J connectivity index is 2.41. The van der Waals surface area contributed by atoms with Gasteiger partial charge in [0, 0.05) is 12.0 Å². The molecule has 1 aromatic rings. The summed E-state index contributed by atoms with van der Waals surface area (Å²) >= 11 is 6.33. The second-order valence-corrected chi connectivity index (χ2v) is 6.71. The van der Waals surface area contributed by atoms with Crippen molar-refractivity contribution in [1.29, 1.82) is 0 Å². The van der Waals surface area contributed by atoms with E-state index < -0.39 is 11.5 Å². The molecular weight excluding hydrogens is 344 g/mol. The van der Waals surface area contributed by atoms with Crippen molar-refractivity contribution in [2.24, 2.45) is 0 Å². The highest BCUT2D eigenvalue weighted by Gasteiger charge is 2.41. The molecule has 0 aromatic heterocycles. The molecule has 0 saturated heterocycles. The maximum atomic E-state index is 12.2. The molecule has 2 rings (SSSR count). The highest BCUT2D eigenvalue weighted by atomic mass is 35.5. The fraction of sp³-hybridized carbons (Fsp3) is 0.556. The van der Waals surface area contributed by atoms with Crippen LogP contribution in [0.25, 0.3) is 0 Å². The van der Waals surface area contributed by atoms with Crippen LogP contribution in [0.2, 0.25) is 5.02 Å². The van der Waals surface area contributed by atoms with Crippen molar-refractivity contribution in [1.82, 2.24) is 5.32 Å². The summed E-state index contributed by atoms with van der Waals surface area (Å²) in [6, 6.07) is 3.22. The Morgan fingerprint density at radius 2 is 1.96 bits per heavy atom. The molecule has 0 aliphatic carbocycles. The number of ether oxygens (including phenoxy) is 1. The first-order valence-corrected chi connectivity index (χ1v) is 9.08. The van der Waals surface area contributed by atoms with Crippen molar-refractivity contribution in [2.45, 2.75) is 57.9 Å². The zero-order valence-electron chi connectivity index (χ0n) is 14.7. The summed E-state index contributed by atoms with van der Waals surface area (Å²) in [6.45, 7) is 4.44. The van der Waals surface area contributed by atoms with Gasteiger partial charge in [-0.05, 0) is 31.4 Å². The molecule has 25 heavy (non-hydrogen) atoms. The van der Waals surface area contributed by atoms with Crippen LogP contribution >= 0.6 is 11.6 Å². The number of carbonyl (C=O) groups excluding carboxylic acids is 1. The van der Waals surface area contributed by atoms with E-state index in [2.05, 4.69) is 24.5 Å². The molecule has 0 radical (unpaired) electrons. The molecule has 3 N–H and O–H groups in total. The van der Waals surface area contributed by atoms with Gasteiger partial charge in [-0.15, -0.1) is 0 Å². The van der Waals surface area contributed by atoms with Gasteiger partial charge in [0.2, 0.25) is 0 Å². The molecule has 0 unspecified atom stereocenters. The number of aliphatic carboxylic acids is 1. The zero-order chi connectivity index (χ0) is 18.4. The number of halogens is 1. The van der Waals surface area contributed by atoms with E-state index in [0.717, 1.165) is 31.2 Å². The molecule has 1 aromatic carbocycles. The summed E-state index contributed by atoms with van der Waals surface area (Å²) in [6.07, 6.45) is 3.80. The van der Waals surface area contributed by atoms with Crippen LogP contribution in [0.1, 0.15) is 57.9 Å². The van der Waals surface area contributed by atoms with Crippen molar-refractivity contribution < 1.29 is 19.4 Å². The molecule has 0 fully saturated rings. The van der Waals surface area contributed by atoms with Crippen LogP contribution in [-0.2, 0) is 10.3 Å². The molecule has 0 bridgehead atoms. The first-order chi connectivity index (χ1) is 11.9. The van der Waals surface area contributed by atoms with E-state index in [1.54, 1.807) is 12.1 Å². The lowest BCUT2D eigenvalue weighted by atomic mass is 9.79. The minimum Gasteiger partial charge on any atom is -0.493 e. The minimum absolute atomic E-state index is 0.0554. The van der Waals surface area contributed by atoms with Crippen molar-refractivity contribution in [3.8, 4) is 5.75 Å². The number of nitrogens with one attached hydrogen (secondary N) is 2. The average molecular weight is 369 g/mol. The normalized spacial score (nSPS) is 15.1. The first kappa shape index (κ1) is 19.4. The quantitative estimate of drug-likeness (QED) is 0.559. The van der Waals surface area contributed by atoms with Crippen molar-refractivity contribution in [3.63, 3.8) is 0 Å². The summed E-state index contributed by atoms with van der Waals surface area (Å²) in [5.74, 6) is -0.207. The van der Waals surface area contributed by atoms with E-state index in [0.29, 0.717) is 29.5 Å². The minimum atomic E-state index is -0.845. The monoisotopic (exact) mass is 368 g/mol. The highest BCUT2D eigenvalue weighted by molar-refractivity contribution is 6.34. The molecule has 6 nitrogen and oxygen atoms in total. The van der Waals surface area contributed by atoms with E-state index in [1.165, 1.54) is 0 Å². The Hall–Kier alpha value is -1.95. The molecule has 1 aliphatic rings. The van der Waals surface area contributed by atoms with Gasteiger partial charge in [0.05, 0.1) is 22.9 Å². The van der Waals surface area contributed by atoms with Crippen molar-refractivity contribution >= 4 is 29.3 Å². The van der Waals surface area contributed by atoms with Crippen molar-refractivity contribution in [3.05, 3.63) is 22.7 Å². The maximum Gasteiger partial charge on any atom is 0.319 e. The van der Waals surface area contributed by atoms with Gasteiger partial charge in [0.1, 0.15) is 5.75 Å². The molecule has 0 spiro atoms. The fourth-order valence-electron chi connectivity index (χ4n) is 3.46. The lowest BCUT2D eigenvalue weighted by Gasteiger charge is -2.41. The number of benzene rings is 1. The molecule has 1 aliphatic heterocycles. The Labute approximate surface area is 152 Å². The van der Waals surface area contributed by atoms with Crippen LogP contribution in [-0.4, -0.2) is 23.7 Å². The number of carboxylic acids is 1. The predicted molar refractivity (Wildman–Crippen MR) is 97.5 cm³/mol. The summed E-state index contributed by atoms with van der Waals surface area (Å²) in [5, 5.41) is 15.1. The third-order valence-corrected chi connectivity index (χ3v) is 4.65. The third-order valence-electron chi connectivity index (χ3n) is 4.33. The first-order valence-electron chi connectivity index (χ1n) is 8.70. The number of urea groups is 1. The Bertz CT molecular complexity index is 642. The van der Waals surface area contributed by atoms with Gasteiger partial charge < -0.3 is 20.5 Å². The number of hydrogen-bond acceptors (Lipinski definition) is 3. The third kappa shape index (κ3) is 4.37. The van der Waals surface area contributed by atoms with Gasteiger partial charge in [-0.2, -0.15) is 0 Å². The second-order valence-electron chi connectivity index (χ2n) is 6.30. The number of rotatable bonds is 9. The van der Waals surface area contributed by atoms with Crippen LogP contribution in [0.15, 0.2) is 12.1 Å². The lowest BCUT2D eigenvalue weighted by molar-refractivity contribution is -0.137. The van der Waals surface area contributed by atoms with Gasteiger partial charge in [0.25, 0.3) is 0 Å². The lowest BCUT2D eigenvalue weighted by Crippen LogP contribution is -2.52. The van der Waals surface area contributed by atoms with Gasteiger partial charge in [-0.25, -0.2) is 4.79 Å². The molecule has 2 amide bonds. The van der Waals surface area contributed by atoms with Crippen LogP contribution in [0, 0.1) is 0 Å². The van der Waals surface area contributed by atoms with Gasteiger partial charge >= 0.3 is 12.0 Å². The molecule has 138 valence electrons. The number of carbonyl (C=O) groups is 2. The summed E-state index contributed by atoms with van der Waals surface area (Å²) in [4.78, 5) is 22.9. The maximum absolute atomic E-state index is 12.2. The van der Waals surface area contributed by atoms with Crippen LogP contribution < -0.4 is 15.4 Å². The number of carboxylic acid groups (broad SMARTS) is 1. The number of hydrogen-bond donors (Lipinski definition) is 3. The van der Waals surface area contributed by atoms with Crippen LogP contribution in [0.5, 0.6) is 5.75 Å². The zero-order valence-corrected chi connectivity index (χ0v) is 15.4. The van der Waals surface area contributed by atoms with E-state index >= 15 is 0 Å². The van der Waals surface area contributed by atoms with E-state index in [4.69, 9.17) is 21.4 Å². The van der Waals surface area contributed by atoms with E-state index in [1.807, 2.05) is 0 Å². The Kier molecular flexibility index (Phi) is 6.53. The smallest absolute Gasteiger partial charge is 0.319 e. The standard InChI is InChI=1S/C18H25ClN2O4/c1-3-9-18(10-4-2)15-13(25-11-5-6-14(22)23)8-7-12(19)16(15)20-17(24)21-18/h7-8H,3-6,9-11H2,1-2H3,(H,22,23)(H2,20,21,24). The summed E-state index contributed by atoms with van der Waals surface area (Å²) < 4.78 is 5.88. The number of fused-ring (bicyclic) bond motifs is 1. The van der Waals surface area contributed by atoms with Crippen LogP contribution in [0.4, 0.5) is 10.5 Å². The van der Waals surface area contributed by atoms with Gasteiger partial charge in [-0.3, -0.25) is 4.79 Å². The van der Waals surface area contributed by atoms with Crippen molar-refractivity contribution in [2.75, 3.05) is 11.9 Å². The fourth-order valence-corrected chi connectivity index (χ4v) is 3.66. The van der Waals surface area contributed by atoms with Gasteiger partial charge in [-0.1, -0.05) is 38.3 Å². The number of anilines is 1. The second kappa shape index (κ2) is 8.43. The van der Waals surface area contributed by atoms with Gasteiger partial charge in [0.15, 0.2) is 0 Å². The van der Waals surface area contributed by atoms with E-state index in [9.17, 15) is 9.59 Å². The molecule has 7 heteroatoms. The predicted octanol–water partition coefficient (Wildman–Crippen LogP) is 4.51. The number of amides is 2. The summed E-state index contributed by atoms with van der Waals surface area (Å²) in [5.41, 5.74) is 0.912. The molecule has 1 heterocycles. The highest BCUT2D eigenvalue weighted by Crippen LogP contribution is 2.47. The Morgan fingerprint density at radius 1 is 1.28 bits per heavy atom. The van der Waals surface area contributed by atoms with E-state index in [-0.39, 0.29) is 12.5 Å². The molecule has 0 atom stereocenters. The molecule has 0 saturated carbocycles. The average Bonchev–Trinajstić information content (AvgIpc) is 2.54. The largest absolute Gasteiger partial charge is 0.493 e. The van der Waals surface area contributed by atoms with Crippen LogP contribution in [0.3, 0.4) is 0 Å². The summed E-state index contributed by atoms with van der Waals surface area (Å²) in [7, 11) is 0. The SMILES string of the molecule is CCCC1(CCC)NC(=O)Nc2c(Cl)ccc(OCCCC(=O)O)c21. The topological polar surface area (TPSA) is 87.7 Å². The Morgan fingerprint density at radius 3 is 2.56 bits per heavy atom.